The molecule has 7 heteroatoms. The standard InChI is InChI=1S/C24H26N4O2S/c1-19-7-9-21(10-8-19)13-18-31(29,30)28-16-14-27(15-17-28)24-12-11-23(25-26-24)22-6-4-3-5-20(22)2/h3-13,18H,14-17H2,1-2H3/b18-13-. The van der Waals surface area contributed by atoms with Crippen LogP contribution in [0, 0.1) is 13.8 Å². The van der Waals surface area contributed by atoms with E-state index in [0.717, 1.165) is 33.8 Å². The summed E-state index contributed by atoms with van der Waals surface area (Å²) in [6.07, 6.45) is 1.65. The molecule has 0 N–H and O–H groups in total. The summed E-state index contributed by atoms with van der Waals surface area (Å²) in [5, 5.41) is 10.1. The predicted molar refractivity (Wildman–Crippen MR) is 125 cm³/mol. The number of hydrogen-bond acceptors (Lipinski definition) is 5. The van der Waals surface area contributed by atoms with Gasteiger partial charge in [0.25, 0.3) is 0 Å². The Morgan fingerprint density at radius 1 is 0.839 bits per heavy atom. The van der Waals surface area contributed by atoms with Crippen molar-refractivity contribution >= 4 is 21.9 Å². The van der Waals surface area contributed by atoms with E-state index < -0.39 is 10.0 Å². The van der Waals surface area contributed by atoms with Gasteiger partial charge in [0, 0.05) is 37.2 Å². The number of nitrogens with zero attached hydrogens (tertiary/aromatic N) is 4. The average molecular weight is 435 g/mol. The summed E-state index contributed by atoms with van der Waals surface area (Å²) < 4.78 is 26.9. The summed E-state index contributed by atoms with van der Waals surface area (Å²) in [5.74, 6) is 0.768. The van der Waals surface area contributed by atoms with Crippen LogP contribution in [-0.2, 0) is 10.0 Å². The van der Waals surface area contributed by atoms with Crippen molar-refractivity contribution in [1.82, 2.24) is 14.5 Å². The van der Waals surface area contributed by atoms with Gasteiger partial charge in [0.05, 0.1) is 5.69 Å². The van der Waals surface area contributed by atoms with Crippen LogP contribution in [0.1, 0.15) is 16.7 Å². The summed E-state index contributed by atoms with van der Waals surface area (Å²) in [4.78, 5) is 2.07. The molecule has 1 aliphatic rings. The minimum Gasteiger partial charge on any atom is -0.352 e. The molecule has 0 aliphatic carbocycles. The summed E-state index contributed by atoms with van der Waals surface area (Å²) >= 11 is 0. The molecule has 6 nitrogen and oxygen atoms in total. The largest absolute Gasteiger partial charge is 0.352 e. The minimum absolute atomic E-state index is 0.418. The molecule has 0 saturated carbocycles. The van der Waals surface area contributed by atoms with E-state index in [1.165, 1.54) is 9.71 Å². The Balaban J connectivity index is 1.39. The summed E-state index contributed by atoms with van der Waals surface area (Å²) in [7, 11) is -3.45. The lowest BCUT2D eigenvalue weighted by atomic mass is 10.1. The molecule has 31 heavy (non-hydrogen) atoms. The van der Waals surface area contributed by atoms with Crippen LogP contribution in [0.15, 0.2) is 66.1 Å². The van der Waals surface area contributed by atoms with E-state index in [0.29, 0.717) is 26.2 Å². The molecule has 0 atom stereocenters. The number of piperazine rings is 1. The van der Waals surface area contributed by atoms with Gasteiger partial charge in [-0.1, -0.05) is 54.1 Å². The first-order valence-corrected chi connectivity index (χ1v) is 11.8. The Kier molecular flexibility index (Phi) is 6.15. The molecule has 1 saturated heterocycles. The van der Waals surface area contributed by atoms with Crippen LogP contribution in [0.5, 0.6) is 0 Å². The molecule has 160 valence electrons. The lowest BCUT2D eigenvalue weighted by molar-refractivity contribution is 0.388. The fraction of sp³-hybridized carbons (Fsp3) is 0.250. The number of anilines is 1. The van der Waals surface area contributed by atoms with Gasteiger partial charge in [0.1, 0.15) is 0 Å². The van der Waals surface area contributed by atoms with Gasteiger partial charge in [-0.25, -0.2) is 8.42 Å². The topological polar surface area (TPSA) is 66.4 Å². The molecule has 1 fully saturated rings. The predicted octanol–water partition coefficient (Wildman–Crippen LogP) is 3.88. The Labute approximate surface area is 183 Å². The van der Waals surface area contributed by atoms with E-state index in [-0.39, 0.29) is 0 Å². The second-order valence-electron chi connectivity index (χ2n) is 7.74. The van der Waals surface area contributed by atoms with Crippen LogP contribution < -0.4 is 4.90 Å². The smallest absolute Gasteiger partial charge is 0.236 e. The number of sulfonamides is 1. The highest BCUT2D eigenvalue weighted by molar-refractivity contribution is 7.92. The van der Waals surface area contributed by atoms with Gasteiger partial charge in [-0.05, 0) is 43.2 Å². The first-order valence-electron chi connectivity index (χ1n) is 10.3. The molecule has 2 aromatic carbocycles. The number of rotatable bonds is 5. The Morgan fingerprint density at radius 3 is 2.19 bits per heavy atom. The van der Waals surface area contributed by atoms with E-state index in [2.05, 4.69) is 28.1 Å². The van der Waals surface area contributed by atoms with Crippen molar-refractivity contribution in [3.05, 3.63) is 82.8 Å². The van der Waals surface area contributed by atoms with E-state index in [1.54, 1.807) is 6.08 Å². The second kappa shape index (κ2) is 8.99. The number of benzene rings is 2. The van der Waals surface area contributed by atoms with Crippen LogP contribution in [-0.4, -0.2) is 49.1 Å². The fourth-order valence-corrected chi connectivity index (χ4v) is 4.77. The number of aromatic nitrogens is 2. The molecule has 2 heterocycles. The maximum Gasteiger partial charge on any atom is 0.236 e. The fourth-order valence-electron chi connectivity index (χ4n) is 3.60. The van der Waals surface area contributed by atoms with Gasteiger partial charge in [0.2, 0.25) is 10.0 Å². The molecule has 0 unspecified atom stereocenters. The van der Waals surface area contributed by atoms with Crippen molar-refractivity contribution < 1.29 is 8.42 Å². The van der Waals surface area contributed by atoms with Crippen molar-refractivity contribution in [2.24, 2.45) is 0 Å². The maximum absolute atomic E-state index is 12.7. The average Bonchev–Trinajstić information content (AvgIpc) is 2.79. The number of hydrogen-bond donors (Lipinski definition) is 0. The van der Waals surface area contributed by atoms with Crippen LogP contribution in [0.2, 0.25) is 0 Å². The summed E-state index contributed by atoms with van der Waals surface area (Å²) in [6.45, 7) is 6.05. The molecule has 4 rings (SSSR count). The van der Waals surface area contributed by atoms with Crippen LogP contribution >= 0.6 is 0 Å². The molecular weight excluding hydrogens is 408 g/mol. The first kappa shape index (κ1) is 21.2. The van der Waals surface area contributed by atoms with Gasteiger partial charge >= 0.3 is 0 Å². The first-order chi connectivity index (χ1) is 14.9. The molecule has 0 radical (unpaired) electrons. The highest BCUT2D eigenvalue weighted by Gasteiger charge is 2.25. The third kappa shape index (κ3) is 5.00. The van der Waals surface area contributed by atoms with Crippen molar-refractivity contribution in [2.45, 2.75) is 13.8 Å². The highest BCUT2D eigenvalue weighted by Crippen LogP contribution is 2.22. The molecule has 0 amide bonds. The summed E-state index contributed by atoms with van der Waals surface area (Å²) in [6, 6.07) is 19.8. The maximum atomic E-state index is 12.7. The van der Waals surface area contributed by atoms with Crippen molar-refractivity contribution in [1.29, 1.82) is 0 Å². The molecule has 3 aromatic rings. The van der Waals surface area contributed by atoms with Gasteiger partial charge in [-0.2, -0.15) is 4.31 Å². The third-order valence-electron chi connectivity index (χ3n) is 5.50. The van der Waals surface area contributed by atoms with Gasteiger partial charge in [-0.15, -0.1) is 10.2 Å². The van der Waals surface area contributed by atoms with E-state index >= 15 is 0 Å². The van der Waals surface area contributed by atoms with Gasteiger partial charge in [0.15, 0.2) is 5.82 Å². The molecule has 0 spiro atoms. The Hall–Kier alpha value is -3.03. The van der Waals surface area contributed by atoms with Gasteiger partial charge < -0.3 is 4.90 Å². The third-order valence-corrected chi connectivity index (χ3v) is 7.07. The zero-order valence-electron chi connectivity index (χ0n) is 17.8. The second-order valence-corrected chi connectivity index (χ2v) is 9.55. The van der Waals surface area contributed by atoms with Crippen molar-refractivity contribution in [3.8, 4) is 11.3 Å². The zero-order valence-corrected chi connectivity index (χ0v) is 18.6. The Morgan fingerprint density at radius 2 is 1.55 bits per heavy atom. The lowest BCUT2D eigenvalue weighted by Crippen LogP contribution is -2.48. The molecular formula is C24H26N4O2S. The quantitative estimate of drug-likeness (QED) is 0.610. The number of aryl methyl sites for hydroxylation is 2. The van der Waals surface area contributed by atoms with Crippen molar-refractivity contribution in [2.75, 3.05) is 31.1 Å². The Bertz CT molecular complexity index is 1160. The molecule has 0 bridgehead atoms. The van der Waals surface area contributed by atoms with Crippen LogP contribution in [0.3, 0.4) is 0 Å². The van der Waals surface area contributed by atoms with Crippen LogP contribution in [0.4, 0.5) is 5.82 Å². The highest BCUT2D eigenvalue weighted by atomic mass is 32.2. The van der Waals surface area contributed by atoms with Gasteiger partial charge in [-0.3, -0.25) is 0 Å². The lowest BCUT2D eigenvalue weighted by Gasteiger charge is -2.33. The van der Waals surface area contributed by atoms with E-state index in [1.807, 2.05) is 61.5 Å². The minimum atomic E-state index is -3.45. The normalized spacial score (nSPS) is 15.5. The summed E-state index contributed by atoms with van der Waals surface area (Å²) in [5.41, 5.74) is 5.08. The zero-order chi connectivity index (χ0) is 21.8. The van der Waals surface area contributed by atoms with Crippen LogP contribution in [0.25, 0.3) is 17.3 Å². The van der Waals surface area contributed by atoms with E-state index in [9.17, 15) is 8.42 Å². The molecule has 1 aliphatic heterocycles. The van der Waals surface area contributed by atoms with Crippen molar-refractivity contribution in [3.63, 3.8) is 0 Å². The molecule has 1 aromatic heterocycles. The van der Waals surface area contributed by atoms with E-state index in [4.69, 9.17) is 0 Å². The monoisotopic (exact) mass is 434 g/mol. The SMILES string of the molecule is Cc1ccc(/C=C\S(=O)(=O)N2CCN(c3ccc(-c4ccccc4C)nn3)CC2)cc1.